The summed E-state index contributed by atoms with van der Waals surface area (Å²) in [6.45, 7) is 2.44. The molecule has 0 fully saturated rings. The van der Waals surface area contributed by atoms with Crippen LogP contribution in [-0.2, 0) is 0 Å². The van der Waals surface area contributed by atoms with Crippen LogP contribution < -0.4 is 11.1 Å². The van der Waals surface area contributed by atoms with E-state index < -0.39 is 0 Å². The van der Waals surface area contributed by atoms with Crippen LogP contribution in [0.4, 0.5) is 0 Å². The predicted molar refractivity (Wildman–Crippen MR) is 46.5 cm³/mol. The predicted octanol–water partition coefficient (Wildman–Crippen LogP) is -1.54. The van der Waals surface area contributed by atoms with Gasteiger partial charge in [0, 0.05) is 25.7 Å². The van der Waals surface area contributed by atoms with Crippen LogP contribution in [0.25, 0.3) is 0 Å². The van der Waals surface area contributed by atoms with Crippen molar-refractivity contribution in [2.45, 2.75) is 6.04 Å². The van der Waals surface area contributed by atoms with Crippen LogP contribution in [0.5, 0.6) is 0 Å². The molecule has 4 nitrogen and oxygen atoms in total. The van der Waals surface area contributed by atoms with Crippen LogP contribution in [0, 0.1) is 0 Å². The average molecular weight is 161 g/mol. The second-order valence-corrected chi connectivity index (χ2v) is 2.87. The highest BCUT2D eigenvalue weighted by molar-refractivity contribution is 4.65. The van der Waals surface area contributed by atoms with Gasteiger partial charge in [0.1, 0.15) is 0 Å². The van der Waals surface area contributed by atoms with E-state index in [2.05, 4.69) is 10.2 Å². The molecule has 1 unspecified atom stereocenters. The van der Waals surface area contributed by atoms with Gasteiger partial charge >= 0.3 is 0 Å². The maximum atomic E-state index is 8.74. The van der Waals surface area contributed by atoms with Gasteiger partial charge in [-0.05, 0) is 14.1 Å². The fourth-order valence-electron chi connectivity index (χ4n) is 0.715. The van der Waals surface area contributed by atoms with Crippen LogP contribution >= 0.6 is 0 Å². The van der Waals surface area contributed by atoms with Crippen molar-refractivity contribution in [2.24, 2.45) is 5.73 Å². The summed E-state index contributed by atoms with van der Waals surface area (Å²) in [7, 11) is 4.02. The Morgan fingerprint density at radius 3 is 2.55 bits per heavy atom. The Hall–Kier alpha value is -0.160. The number of hydrogen-bond acceptors (Lipinski definition) is 4. The van der Waals surface area contributed by atoms with Crippen molar-refractivity contribution in [1.29, 1.82) is 0 Å². The molecular weight excluding hydrogens is 142 g/mol. The molecule has 1 atom stereocenters. The van der Waals surface area contributed by atoms with Crippen LogP contribution in [-0.4, -0.2) is 56.4 Å². The van der Waals surface area contributed by atoms with E-state index in [-0.39, 0.29) is 12.6 Å². The van der Waals surface area contributed by atoms with Gasteiger partial charge in [-0.15, -0.1) is 0 Å². The second kappa shape index (κ2) is 6.54. The Kier molecular flexibility index (Phi) is 6.45. The number of nitrogens with zero attached hydrogens (tertiary/aromatic N) is 1. The molecule has 0 aromatic rings. The molecule has 0 saturated carbocycles. The minimum Gasteiger partial charge on any atom is -0.395 e. The largest absolute Gasteiger partial charge is 0.395 e. The summed E-state index contributed by atoms with van der Waals surface area (Å²) in [6.07, 6.45) is 0. The SMILES string of the molecule is CN(C)CCNC(CN)CO. The van der Waals surface area contributed by atoms with Crippen LogP contribution in [0.2, 0.25) is 0 Å². The third-order valence-electron chi connectivity index (χ3n) is 1.50. The highest BCUT2D eigenvalue weighted by Gasteiger charge is 2.01. The van der Waals surface area contributed by atoms with Gasteiger partial charge in [0.05, 0.1) is 6.61 Å². The molecule has 0 radical (unpaired) electrons. The molecule has 0 aliphatic rings. The zero-order valence-corrected chi connectivity index (χ0v) is 7.38. The maximum Gasteiger partial charge on any atom is 0.0597 e. The topological polar surface area (TPSA) is 61.5 Å². The van der Waals surface area contributed by atoms with Gasteiger partial charge < -0.3 is 21.1 Å². The van der Waals surface area contributed by atoms with Crippen molar-refractivity contribution in [1.82, 2.24) is 10.2 Å². The number of hydrogen-bond donors (Lipinski definition) is 3. The molecule has 0 aromatic heterocycles. The van der Waals surface area contributed by atoms with Crippen molar-refractivity contribution < 1.29 is 5.11 Å². The molecule has 4 heteroatoms. The molecule has 0 spiro atoms. The third-order valence-corrected chi connectivity index (χ3v) is 1.50. The molecule has 0 amide bonds. The summed E-state index contributed by atoms with van der Waals surface area (Å²) < 4.78 is 0. The van der Waals surface area contributed by atoms with E-state index in [1.54, 1.807) is 0 Å². The molecule has 0 heterocycles. The number of aliphatic hydroxyl groups excluding tert-OH is 1. The second-order valence-electron chi connectivity index (χ2n) is 2.87. The first-order chi connectivity index (χ1) is 5.20. The Labute approximate surface area is 68.4 Å². The molecule has 0 aromatic carbocycles. The van der Waals surface area contributed by atoms with Gasteiger partial charge in [-0.25, -0.2) is 0 Å². The zero-order chi connectivity index (χ0) is 8.69. The Morgan fingerprint density at radius 2 is 2.18 bits per heavy atom. The molecule has 0 rings (SSSR count). The fourth-order valence-corrected chi connectivity index (χ4v) is 0.715. The first-order valence-electron chi connectivity index (χ1n) is 3.89. The first kappa shape index (κ1) is 10.8. The fraction of sp³-hybridized carbons (Fsp3) is 1.00. The van der Waals surface area contributed by atoms with E-state index in [0.29, 0.717) is 6.54 Å². The molecule has 4 N–H and O–H groups in total. The highest BCUT2D eigenvalue weighted by atomic mass is 16.3. The summed E-state index contributed by atoms with van der Waals surface area (Å²) in [4.78, 5) is 2.08. The van der Waals surface area contributed by atoms with E-state index in [0.717, 1.165) is 13.1 Å². The summed E-state index contributed by atoms with van der Waals surface area (Å²) in [6, 6.07) is 0.0509. The number of nitrogens with one attached hydrogen (secondary N) is 1. The van der Waals surface area contributed by atoms with Gasteiger partial charge in [0.15, 0.2) is 0 Å². The molecule has 0 aliphatic carbocycles. The lowest BCUT2D eigenvalue weighted by atomic mass is 10.3. The summed E-state index contributed by atoms with van der Waals surface area (Å²) in [5, 5.41) is 11.9. The van der Waals surface area contributed by atoms with E-state index >= 15 is 0 Å². The molecule has 0 bridgehead atoms. The first-order valence-corrected chi connectivity index (χ1v) is 3.89. The number of aliphatic hydroxyl groups is 1. The van der Waals surface area contributed by atoms with E-state index in [1.165, 1.54) is 0 Å². The quantitative estimate of drug-likeness (QED) is 0.442. The zero-order valence-electron chi connectivity index (χ0n) is 7.38. The van der Waals surface area contributed by atoms with Crippen LogP contribution in [0.1, 0.15) is 0 Å². The van der Waals surface area contributed by atoms with Crippen molar-refractivity contribution in [2.75, 3.05) is 40.3 Å². The van der Waals surface area contributed by atoms with Gasteiger partial charge in [-0.1, -0.05) is 0 Å². The van der Waals surface area contributed by atoms with E-state index in [9.17, 15) is 0 Å². The summed E-state index contributed by atoms with van der Waals surface area (Å²) in [5.41, 5.74) is 5.36. The van der Waals surface area contributed by atoms with E-state index in [1.807, 2.05) is 14.1 Å². The van der Waals surface area contributed by atoms with Crippen molar-refractivity contribution >= 4 is 0 Å². The third kappa shape index (κ3) is 6.25. The van der Waals surface area contributed by atoms with Crippen molar-refractivity contribution in [3.05, 3.63) is 0 Å². The van der Waals surface area contributed by atoms with E-state index in [4.69, 9.17) is 10.8 Å². The standard InChI is InChI=1S/C7H19N3O/c1-10(2)4-3-9-7(5-8)6-11/h7,9,11H,3-6,8H2,1-2H3. The van der Waals surface area contributed by atoms with Crippen LogP contribution in [0.3, 0.4) is 0 Å². The smallest absolute Gasteiger partial charge is 0.0597 e. The van der Waals surface area contributed by atoms with Gasteiger partial charge in [0.25, 0.3) is 0 Å². The van der Waals surface area contributed by atoms with Crippen LogP contribution in [0.15, 0.2) is 0 Å². The Morgan fingerprint density at radius 1 is 1.55 bits per heavy atom. The van der Waals surface area contributed by atoms with Crippen molar-refractivity contribution in [3.8, 4) is 0 Å². The lowest BCUT2D eigenvalue weighted by molar-refractivity contribution is 0.241. The summed E-state index contributed by atoms with van der Waals surface area (Å²) in [5.74, 6) is 0. The lowest BCUT2D eigenvalue weighted by Crippen LogP contribution is -2.41. The van der Waals surface area contributed by atoms with Crippen molar-refractivity contribution in [3.63, 3.8) is 0 Å². The average Bonchev–Trinajstić information content (AvgIpc) is 1.98. The molecule has 11 heavy (non-hydrogen) atoms. The van der Waals surface area contributed by atoms with Gasteiger partial charge in [-0.2, -0.15) is 0 Å². The summed E-state index contributed by atoms with van der Waals surface area (Å²) >= 11 is 0. The highest BCUT2D eigenvalue weighted by Crippen LogP contribution is 1.77. The minimum absolute atomic E-state index is 0.0509. The van der Waals surface area contributed by atoms with Gasteiger partial charge in [0.2, 0.25) is 0 Å². The number of rotatable bonds is 6. The monoisotopic (exact) mass is 161 g/mol. The Balaban J connectivity index is 3.21. The number of nitrogens with two attached hydrogens (primary N) is 1. The normalized spacial score (nSPS) is 13.9. The Bertz CT molecular complexity index is 83.8. The lowest BCUT2D eigenvalue weighted by Gasteiger charge is -2.15. The molecular formula is C7H19N3O. The number of likely N-dealkylation sites (N-methyl/N-ethyl adjacent to an activating group) is 1. The maximum absolute atomic E-state index is 8.74. The minimum atomic E-state index is 0.0509. The molecule has 0 aliphatic heterocycles. The molecule has 0 saturated heterocycles. The van der Waals surface area contributed by atoms with Gasteiger partial charge in [-0.3, -0.25) is 0 Å². The molecule has 68 valence electrons.